The van der Waals surface area contributed by atoms with Gasteiger partial charge in [0.15, 0.2) is 0 Å². The minimum absolute atomic E-state index is 0.995. The maximum atomic E-state index is 7.75. The third-order valence-electron chi connectivity index (χ3n) is 31.0. The van der Waals surface area contributed by atoms with Gasteiger partial charge in [0.2, 0.25) is 0 Å². The van der Waals surface area contributed by atoms with E-state index in [1.807, 2.05) is 0 Å². The van der Waals surface area contributed by atoms with E-state index in [9.17, 15) is 0 Å². The van der Waals surface area contributed by atoms with Crippen molar-refractivity contribution in [1.29, 1.82) is 0 Å². The molecule has 0 fully saturated rings. The topological polar surface area (TPSA) is 12.4 Å². The van der Waals surface area contributed by atoms with Crippen LogP contribution in [0.1, 0.15) is 0 Å². The molecule has 440 valence electrons. The fourth-order valence-corrected chi connectivity index (χ4v) is 25.9. The van der Waals surface area contributed by atoms with Crippen molar-refractivity contribution >= 4 is 1030 Å². The van der Waals surface area contributed by atoms with Gasteiger partial charge in [-0.25, -0.2) is 0 Å². The van der Waals surface area contributed by atoms with Gasteiger partial charge in [0.25, 0.3) is 0 Å². The molecular weight excluding hydrogens is 1580 g/mol. The van der Waals surface area contributed by atoms with Crippen molar-refractivity contribution in [3.8, 4) is 0 Å². The molecule has 0 aliphatic heterocycles. The van der Waals surface area contributed by atoms with Crippen LogP contribution >= 0.6 is 0 Å². The first-order chi connectivity index (χ1) is 66.5. The molecule has 0 rings (SSSR count). The Morgan fingerprint density at radius 1 is 0.0822 bits per heavy atom. The van der Waals surface area contributed by atoms with Crippen LogP contribution < -0.4 is 0 Å². The van der Waals surface area contributed by atoms with Crippen LogP contribution in [0, 0.1) is 0 Å². The Morgan fingerprint density at radius 3 is 0.260 bits per heavy atom. The Bertz CT molecular complexity index is 2760. The van der Waals surface area contributed by atoms with Crippen molar-refractivity contribution in [3.05, 3.63) is 0 Å². The fourth-order valence-electron chi connectivity index (χ4n) is 25.9. The van der Waals surface area contributed by atoms with Gasteiger partial charge >= 0.3 is 1030 Å². The average molecular weight is 1580 g/mol. The summed E-state index contributed by atoms with van der Waals surface area (Å²) in [6.07, 6.45) is -150. The normalized spacial score (nSPS) is 9.92. The molecule has 0 atom stereocenters. The first-order valence-electron chi connectivity index (χ1n) is 48.2. The quantitative estimate of drug-likeness (QED) is 0.0538. The molecule has 0 aliphatic carbocycles. The van der Waals surface area contributed by atoms with Crippen LogP contribution in [-0.4, -0.2) is 1030 Å². The van der Waals surface area contributed by atoms with E-state index in [0.29, 0.717) is 0 Å². The summed E-state index contributed by atoms with van der Waals surface area (Å²) in [5, 5.41) is 0. The molecule has 0 aromatic rings. The summed E-state index contributed by atoms with van der Waals surface area (Å²) in [6, 6.07) is 0. The second kappa shape index (κ2) is 72.0. The predicted molar refractivity (Wildman–Crippen MR) is 837 cm³/mol. The first-order valence-corrected chi connectivity index (χ1v) is 48.2. The zero-order valence-corrected chi connectivity index (χ0v) is 84.2. The molecule has 0 aliphatic rings. The molecule has 0 N–H and O–H groups in total. The molecule has 146 radical (unpaired) electrons. The molecule has 0 spiro atoms. The summed E-state index contributed by atoms with van der Waals surface area (Å²) in [5.41, 5.74) is 0. The zero-order valence-electron chi connectivity index (χ0n) is 84.2. The molecule has 0 unspecified atom stereocenters. The van der Waals surface area contributed by atoms with Gasteiger partial charge < -0.3 is 0 Å². The SMILES string of the molecule is [B]B([B])B([B])B(B([B])[B])B(B(B([B])[B])B([B])[B])B(B(N=BB(B(B(B(B([B])[B])B([B])[B])B(B([B])[B])B([B])[B])B(B(B([B])[B])B([B])[B])B(B([B])[B])B([B])[B])B(B(B(B([B])[B])B([B])[B])B(B([B])[B])B([B])[B])B(B(B([B])[B])B([B])[B])B(B([B])[B])B([B])[B])B(B(B(B([B])[B])B([B])[B])B(B([B])[B])B([B])[B])B(B(B([B])[B])B([B])[B])B(B([B])[B])B([B])[B])B(B(B(B([B])[B])B([B])[B])B(B([B])[B])B([B])[B])B(B(B([B])[B])B([B])[B])B(B([B])[B])B([B])[B]. The molecule has 0 aromatic heterocycles. The van der Waals surface area contributed by atoms with Crippen LogP contribution in [0.25, 0.3) is 0 Å². The van der Waals surface area contributed by atoms with E-state index in [2.05, 4.69) is 0 Å². The van der Waals surface area contributed by atoms with Gasteiger partial charge in [-0.1, -0.05) is 0 Å². The molecule has 0 amide bonds. The second-order valence-electron chi connectivity index (χ2n) is 41.2. The Kier molecular flexibility index (Phi) is 76.6. The van der Waals surface area contributed by atoms with Crippen molar-refractivity contribution in [2.75, 3.05) is 0 Å². The summed E-state index contributed by atoms with van der Waals surface area (Å²) in [5.74, 6) is 0. The fraction of sp³-hybridized carbons (Fsp3) is 0. The van der Waals surface area contributed by atoms with E-state index in [0.717, 1.165) is 6.96 Å². The van der Waals surface area contributed by atoms with E-state index >= 15 is 0 Å². The molecule has 0 saturated carbocycles. The van der Waals surface area contributed by atoms with Crippen molar-refractivity contribution in [3.63, 3.8) is 0 Å². The molecule has 0 heterocycles. The van der Waals surface area contributed by atoms with Gasteiger partial charge in [-0.3, -0.25) is 0 Å². The minimum atomic E-state index is -2.89. The van der Waals surface area contributed by atoms with Crippen molar-refractivity contribution in [2.45, 2.75) is 0 Å². The molecular formula is B145N. The molecule has 0 aromatic carbocycles. The van der Waals surface area contributed by atoms with Crippen molar-refractivity contribution in [2.24, 2.45) is 4.81 Å². The van der Waals surface area contributed by atoms with Crippen LogP contribution in [0.3, 0.4) is 0 Å². The van der Waals surface area contributed by atoms with E-state index < -0.39 is 454 Å². The average Bonchev–Trinajstić information content (AvgIpc) is 0.718. The molecule has 1 nitrogen and oxygen atoms in total. The van der Waals surface area contributed by atoms with Crippen LogP contribution in [-0.2, 0) is 0 Å². The predicted octanol–water partition coefficient (Wildman–Crippen LogP) is -55.0. The number of hydrogen-bond donors (Lipinski definition) is 0. The summed E-state index contributed by atoms with van der Waals surface area (Å²) < 4.78 is 0. The molecule has 0 saturated heterocycles. The van der Waals surface area contributed by atoms with Gasteiger partial charge in [-0.05, 0) is 0 Å². The number of nitrogens with zero attached hydrogens (tertiary/aromatic N) is 1. The van der Waals surface area contributed by atoms with Crippen molar-refractivity contribution < 1.29 is 0 Å². The van der Waals surface area contributed by atoms with Gasteiger partial charge in [-0.15, -0.1) is 0 Å². The maximum absolute atomic E-state index is 7.75. The van der Waals surface area contributed by atoms with Crippen LogP contribution in [0.5, 0.6) is 0 Å². The van der Waals surface area contributed by atoms with Gasteiger partial charge in [0.1, 0.15) is 0 Å². The van der Waals surface area contributed by atoms with E-state index in [4.69, 9.17) is 570 Å². The summed E-state index contributed by atoms with van der Waals surface area (Å²) in [7, 11) is 537. The van der Waals surface area contributed by atoms with Gasteiger partial charge in [0.05, 0.1) is 0 Å². The Balaban J connectivity index is 17.4. The summed E-state index contributed by atoms with van der Waals surface area (Å²) >= 11 is 0. The Labute approximate surface area is 1020 Å². The Morgan fingerprint density at radius 2 is 0.164 bits per heavy atom. The van der Waals surface area contributed by atoms with Gasteiger partial charge in [-0.2, -0.15) is 0 Å². The summed E-state index contributed by atoms with van der Waals surface area (Å²) in [6.45, 7) is -1.90. The van der Waals surface area contributed by atoms with Crippen molar-refractivity contribution in [1.82, 2.24) is 0 Å². The third kappa shape index (κ3) is 42.1. The van der Waals surface area contributed by atoms with E-state index in [1.54, 1.807) is 0 Å². The van der Waals surface area contributed by atoms with E-state index in [-0.39, 0.29) is 0 Å². The zero-order chi connectivity index (χ0) is 115. The van der Waals surface area contributed by atoms with Crippen LogP contribution in [0.4, 0.5) is 0 Å². The Hall–Kier alpha value is 9.22. The molecule has 0 bridgehead atoms. The molecule has 146 heavy (non-hydrogen) atoms. The first kappa shape index (κ1) is 155. The number of hydrogen-bond acceptors (Lipinski definition) is 1. The number of rotatable bonds is 71. The summed E-state index contributed by atoms with van der Waals surface area (Å²) in [4.78, 5) is 6.36. The van der Waals surface area contributed by atoms with Crippen LogP contribution in [0.2, 0.25) is 0 Å². The van der Waals surface area contributed by atoms with Gasteiger partial charge in [0, 0.05) is 0 Å². The molecule has 146 heteroatoms. The second-order valence-corrected chi connectivity index (χ2v) is 41.2. The standard InChI is InChI=1S/B145N/c1-75(2)111(73)130(110(71)72)141(129(108(67)68)109(69)70)144(142(137(121(92(35)36)93(37)38)122(94(39)40)95(41)42)138(123(96(43)44)97(45)46)124(98(47)48)99(49)50)145(143(139(125(100(51)52)101(53)54)126(102(55)56)103(57)58)140(127(104(59)60)105(61)62)128(106(63)64)107(65)66)146-74-112(131(133(113(76(3)4)77(5)6)114(78(7)8)79(9)10)134(115(80(11)12)81(13)14)116(82(15)16)83(17)18)132(135(117(84(19)20)85(21)22)118(86(23)24)87(25)26)136(119(88(27)28)89(29)30)120(90(31)32)91(33)34. The third-order valence-corrected chi connectivity index (χ3v) is 31.0. The monoisotopic (exact) mass is 1610 g/mol. The van der Waals surface area contributed by atoms with Crippen LogP contribution in [0.15, 0.2) is 4.81 Å². The van der Waals surface area contributed by atoms with E-state index in [1.165, 1.54) is 0 Å².